The molecule has 2 aromatic rings. The predicted molar refractivity (Wildman–Crippen MR) is 79.0 cm³/mol. The van der Waals surface area contributed by atoms with Gasteiger partial charge in [-0.15, -0.1) is 11.3 Å². The van der Waals surface area contributed by atoms with Crippen molar-refractivity contribution in [2.24, 2.45) is 0 Å². The van der Waals surface area contributed by atoms with E-state index in [0.717, 1.165) is 12.1 Å². The van der Waals surface area contributed by atoms with E-state index in [1.165, 1.54) is 11.3 Å². The van der Waals surface area contributed by atoms with Crippen molar-refractivity contribution in [3.05, 3.63) is 29.5 Å². The van der Waals surface area contributed by atoms with Gasteiger partial charge in [-0.05, 0) is 19.4 Å². The fourth-order valence-corrected chi connectivity index (χ4v) is 2.20. The third-order valence-electron chi connectivity index (χ3n) is 2.70. The van der Waals surface area contributed by atoms with Crippen molar-refractivity contribution in [2.75, 3.05) is 5.32 Å². The molecule has 0 saturated carbocycles. The molecule has 0 bridgehead atoms. The first-order valence-corrected chi connectivity index (χ1v) is 7.33. The van der Waals surface area contributed by atoms with Crippen LogP contribution in [0.2, 0.25) is 0 Å². The number of carbonyl (C=O) groups excluding carboxylic acids is 1. The zero-order valence-electron chi connectivity index (χ0n) is 11.5. The summed E-state index contributed by atoms with van der Waals surface area (Å²) in [6.45, 7) is 4.02. The van der Waals surface area contributed by atoms with E-state index in [1.54, 1.807) is 18.5 Å². The Bertz CT molecular complexity index is 557. The first-order chi connectivity index (χ1) is 9.67. The lowest BCUT2D eigenvalue weighted by Crippen LogP contribution is -2.33. The van der Waals surface area contributed by atoms with Gasteiger partial charge in [0.25, 0.3) is 0 Å². The Morgan fingerprint density at radius 1 is 1.40 bits per heavy atom. The number of nitrogens with zero attached hydrogens (tertiary/aromatic N) is 3. The van der Waals surface area contributed by atoms with Crippen LogP contribution in [-0.4, -0.2) is 26.9 Å². The van der Waals surface area contributed by atoms with Gasteiger partial charge in [-0.1, -0.05) is 6.92 Å². The second-order valence-corrected chi connectivity index (χ2v) is 5.25. The Morgan fingerprint density at radius 3 is 2.85 bits per heavy atom. The molecular formula is C13H17N5OS. The standard InChI is InChI=1S/C13H17N5OS/c1-3-9(2)16-11(19)7-10-8-20-13(17-10)18-12-14-5-4-6-15-12/h4-6,8-9H,3,7H2,1-2H3,(H,16,19)(H,14,15,17,18). The number of hydrogen-bond donors (Lipinski definition) is 2. The average molecular weight is 291 g/mol. The van der Waals surface area contributed by atoms with E-state index in [0.29, 0.717) is 11.1 Å². The SMILES string of the molecule is CCC(C)NC(=O)Cc1csc(Nc2ncccn2)n1. The van der Waals surface area contributed by atoms with Crippen LogP contribution in [0.1, 0.15) is 26.0 Å². The Labute approximate surface area is 121 Å². The number of anilines is 2. The van der Waals surface area contributed by atoms with Gasteiger partial charge in [-0.2, -0.15) is 0 Å². The molecule has 0 saturated heterocycles. The maximum Gasteiger partial charge on any atom is 0.228 e. The Hall–Kier alpha value is -2.02. The van der Waals surface area contributed by atoms with Crippen LogP contribution < -0.4 is 10.6 Å². The van der Waals surface area contributed by atoms with Gasteiger partial charge < -0.3 is 10.6 Å². The lowest BCUT2D eigenvalue weighted by atomic mass is 10.2. The minimum absolute atomic E-state index is 0.00726. The van der Waals surface area contributed by atoms with Crippen LogP contribution in [0.15, 0.2) is 23.8 Å². The van der Waals surface area contributed by atoms with Crippen molar-refractivity contribution in [3.8, 4) is 0 Å². The first kappa shape index (κ1) is 14.4. The molecule has 0 aliphatic heterocycles. The van der Waals surface area contributed by atoms with Crippen LogP contribution in [0.4, 0.5) is 11.1 Å². The molecule has 20 heavy (non-hydrogen) atoms. The molecule has 2 heterocycles. The molecule has 7 heteroatoms. The molecule has 6 nitrogen and oxygen atoms in total. The molecule has 0 fully saturated rings. The molecular weight excluding hydrogens is 274 g/mol. The summed E-state index contributed by atoms with van der Waals surface area (Å²) in [5.74, 6) is 0.490. The number of amides is 1. The highest BCUT2D eigenvalue weighted by Gasteiger charge is 2.10. The van der Waals surface area contributed by atoms with Crippen LogP contribution in [0.25, 0.3) is 0 Å². The van der Waals surface area contributed by atoms with Gasteiger partial charge in [0, 0.05) is 23.8 Å². The van der Waals surface area contributed by atoms with Gasteiger partial charge in [0.1, 0.15) is 0 Å². The molecule has 0 aromatic carbocycles. The van der Waals surface area contributed by atoms with Crippen molar-refractivity contribution in [2.45, 2.75) is 32.7 Å². The van der Waals surface area contributed by atoms with E-state index in [9.17, 15) is 4.79 Å². The smallest absolute Gasteiger partial charge is 0.228 e. The van der Waals surface area contributed by atoms with Crippen molar-refractivity contribution < 1.29 is 4.79 Å². The average Bonchev–Trinajstić information content (AvgIpc) is 2.86. The maximum atomic E-state index is 11.8. The van der Waals surface area contributed by atoms with Crippen molar-refractivity contribution in [1.29, 1.82) is 0 Å². The minimum Gasteiger partial charge on any atom is -0.353 e. The third-order valence-corrected chi connectivity index (χ3v) is 3.50. The molecule has 2 N–H and O–H groups in total. The Kier molecular flexibility index (Phi) is 5.00. The third kappa shape index (κ3) is 4.27. The number of nitrogens with one attached hydrogen (secondary N) is 2. The van der Waals surface area contributed by atoms with Crippen LogP contribution in [-0.2, 0) is 11.2 Å². The fraction of sp³-hybridized carbons (Fsp3) is 0.385. The number of aromatic nitrogens is 3. The van der Waals surface area contributed by atoms with Crippen LogP contribution in [0.3, 0.4) is 0 Å². The number of thiazole rings is 1. The second-order valence-electron chi connectivity index (χ2n) is 4.39. The Balaban J connectivity index is 1.91. The van der Waals surface area contributed by atoms with Gasteiger partial charge in [-0.3, -0.25) is 4.79 Å². The molecule has 1 unspecified atom stereocenters. The molecule has 2 rings (SSSR count). The summed E-state index contributed by atoms with van der Waals surface area (Å²) in [4.78, 5) is 24.2. The van der Waals surface area contributed by atoms with E-state index in [2.05, 4.69) is 25.6 Å². The van der Waals surface area contributed by atoms with E-state index >= 15 is 0 Å². The summed E-state index contributed by atoms with van der Waals surface area (Å²) in [5.41, 5.74) is 0.745. The highest BCUT2D eigenvalue weighted by molar-refractivity contribution is 7.13. The quantitative estimate of drug-likeness (QED) is 0.852. The molecule has 2 aromatic heterocycles. The zero-order valence-corrected chi connectivity index (χ0v) is 12.3. The summed E-state index contributed by atoms with van der Waals surface area (Å²) >= 11 is 1.43. The van der Waals surface area contributed by atoms with Crippen LogP contribution in [0, 0.1) is 0 Å². The van der Waals surface area contributed by atoms with Crippen molar-refractivity contribution >= 4 is 28.3 Å². The lowest BCUT2D eigenvalue weighted by Gasteiger charge is -2.10. The largest absolute Gasteiger partial charge is 0.353 e. The normalized spacial score (nSPS) is 11.9. The van der Waals surface area contributed by atoms with Gasteiger partial charge in [-0.25, -0.2) is 15.0 Å². The molecule has 106 valence electrons. The van der Waals surface area contributed by atoms with Gasteiger partial charge in [0.15, 0.2) is 5.13 Å². The van der Waals surface area contributed by atoms with E-state index in [-0.39, 0.29) is 18.4 Å². The van der Waals surface area contributed by atoms with Gasteiger partial charge in [0.2, 0.25) is 11.9 Å². The predicted octanol–water partition coefficient (Wildman–Crippen LogP) is 2.13. The van der Waals surface area contributed by atoms with Crippen molar-refractivity contribution in [1.82, 2.24) is 20.3 Å². The summed E-state index contributed by atoms with van der Waals surface area (Å²) in [5, 5.41) is 8.47. The topological polar surface area (TPSA) is 79.8 Å². The van der Waals surface area contributed by atoms with Gasteiger partial charge >= 0.3 is 0 Å². The Morgan fingerprint density at radius 2 is 2.15 bits per heavy atom. The molecule has 0 radical (unpaired) electrons. The molecule has 1 amide bonds. The number of hydrogen-bond acceptors (Lipinski definition) is 6. The number of rotatable bonds is 6. The summed E-state index contributed by atoms with van der Waals surface area (Å²) in [6, 6.07) is 1.94. The number of carbonyl (C=O) groups is 1. The molecule has 1 atom stereocenters. The van der Waals surface area contributed by atoms with E-state index in [4.69, 9.17) is 0 Å². The minimum atomic E-state index is -0.00726. The van der Waals surface area contributed by atoms with E-state index in [1.807, 2.05) is 19.2 Å². The first-order valence-electron chi connectivity index (χ1n) is 6.45. The highest BCUT2D eigenvalue weighted by atomic mass is 32.1. The summed E-state index contributed by atoms with van der Waals surface area (Å²) < 4.78 is 0. The van der Waals surface area contributed by atoms with Crippen molar-refractivity contribution in [3.63, 3.8) is 0 Å². The van der Waals surface area contributed by atoms with Crippen LogP contribution >= 0.6 is 11.3 Å². The molecule has 0 aliphatic carbocycles. The lowest BCUT2D eigenvalue weighted by molar-refractivity contribution is -0.121. The molecule has 0 aliphatic rings. The summed E-state index contributed by atoms with van der Waals surface area (Å²) in [6.07, 6.45) is 4.52. The van der Waals surface area contributed by atoms with Crippen LogP contribution in [0.5, 0.6) is 0 Å². The van der Waals surface area contributed by atoms with E-state index < -0.39 is 0 Å². The van der Waals surface area contributed by atoms with Gasteiger partial charge in [0.05, 0.1) is 12.1 Å². The highest BCUT2D eigenvalue weighted by Crippen LogP contribution is 2.18. The zero-order chi connectivity index (χ0) is 14.4. The second kappa shape index (κ2) is 6.95. The molecule has 0 spiro atoms. The monoisotopic (exact) mass is 291 g/mol. The maximum absolute atomic E-state index is 11.8. The summed E-state index contributed by atoms with van der Waals surface area (Å²) in [7, 11) is 0. The fourth-order valence-electron chi connectivity index (χ4n) is 1.50.